The average Bonchev–Trinajstić information content (AvgIpc) is 3.16. The first-order valence-electron chi connectivity index (χ1n) is 9.25. The molecule has 1 heterocycles. The van der Waals surface area contributed by atoms with E-state index < -0.39 is 0 Å². The van der Waals surface area contributed by atoms with Crippen molar-refractivity contribution in [2.24, 2.45) is 0 Å². The number of carbonyl (C=O) groups is 1. The van der Waals surface area contributed by atoms with Gasteiger partial charge in [-0.05, 0) is 23.1 Å². The maximum atomic E-state index is 12.5. The SMILES string of the molecule is CCCOCc1ccccc1CNC(=O)c1cnn(Cc2ccccc2)c1. The molecule has 5 nitrogen and oxygen atoms in total. The van der Waals surface area contributed by atoms with Gasteiger partial charge in [-0.15, -0.1) is 0 Å². The highest BCUT2D eigenvalue weighted by Crippen LogP contribution is 2.11. The summed E-state index contributed by atoms with van der Waals surface area (Å²) in [5.74, 6) is -0.126. The molecule has 27 heavy (non-hydrogen) atoms. The van der Waals surface area contributed by atoms with Gasteiger partial charge in [0.25, 0.3) is 5.91 Å². The molecular weight excluding hydrogens is 338 g/mol. The van der Waals surface area contributed by atoms with Crippen LogP contribution in [0.1, 0.15) is 40.4 Å². The van der Waals surface area contributed by atoms with Crippen LogP contribution in [0, 0.1) is 0 Å². The van der Waals surface area contributed by atoms with Crippen LogP contribution in [-0.4, -0.2) is 22.3 Å². The molecule has 1 aromatic heterocycles. The fourth-order valence-electron chi connectivity index (χ4n) is 2.81. The third-order valence-corrected chi connectivity index (χ3v) is 4.25. The van der Waals surface area contributed by atoms with Crippen molar-refractivity contribution in [2.45, 2.75) is 33.0 Å². The Labute approximate surface area is 160 Å². The number of rotatable bonds is 9. The zero-order valence-corrected chi connectivity index (χ0v) is 15.6. The van der Waals surface area contributed by atoms with Crippen molar-refractivity contribution in [3.63, 3.8) is 0 Å². The Bertz CT molecular complexity index is 859. The minimum atomic E-state index is -0.126. The molecule has 0 aliphatic carbocycles. The lowest BCUT2D eigenvalue weighted by Crippen LogP contribution is -2.23. The molecule has 140 valence electrons. The van der Waals surface area contributed by atoms with Gasteiger partial charge < -0.3 is 10.1 Å². The Kier molecular flexibility index (Phi) is 6.77. The van der Waals surface area contributed by atoms with Gasteiger partial charge in [0.1, 0.15) is 0 Å². The normalized spacial score (nSPS) is 10.7. The van der Waals surface area contributed by atoms with Crippen molar-refractivity contribution in [1.29, 1.82) is 0 Å². The molecule has 0 atom stereocenters. The second kappa shape index (κ2) is 9.69. The van der Waals surface area contributed by atoms with Crippen LogP contribution in [0.2, 0.25) is 0 Å². The maximum absolute atomic E-state index is 12.5. The highest BCUT2D eigenvalue weighted by molar-refractivity contribution is 5.93. The number of carbonyl (C=O) groups excluding carboxylic acids is 1. The largest absolute Gasteiger partial charge is 0.377 e. The van der Waals surface area contributed by atoms with E-state index in [9.17, 15) is 4.79 Å². The number of amides is 1. The number of hydrogen-bond donors (Lipinski definition) is 1. The second-order valence-electron chi connectivity index (χ2n) is 6.42. The number of ether oxygens (including phenoxy) is 1. The molecule has 1 amide bonds. The molecule has 0 saturated heterocycles. The lowest BCUT2D eigenvalue weighted by Gasteiger charge is -2.10. The van der Waals surface area contributed by atoms with Gasteiger partial charge in [0.05, 0.1) is 24.9 Å². The summed E-state index contributed by atoms with van der Waals surface area (Å²) in [5, 5.41) is 7.27. The number of hydrogen-bond acceptors (Lipinski definition) is 3. The molecule has 1 N–H and O–H groups in total. The molecule has 0 radical (unpaired) electrons. The Morgan fingerprint density at radius 1 is 1.07 bits per heavy atom. The van der Waals surface area contributed by atoms with Crippen LogP contribution >= 0.6 is 0 Å². The van der Waals surface area contributed by atoms with Gasteiger partial charge in [-0.1, -0.05) is 61.5 Å². The van der Waals surface area contributed by atoms with Crippen LogP contribution in [0.25, 0.3) is 0 Å². The first-order valence-corrected chi connectivity index (χ1v) is 9.25. The topological polar surface area (TPSA) is 56.1 Å². The molecule has 0 aliphatic rings. The van der Waals surface area contributed by atoms with Crippen molar-refractivity contribution in [1.82, 2.24) is 15.1 Å². The Hall–Kier alpha value is -2.92. The summed E-state index contributed by atoms with van der Waals surface area (Å²) in [5.41, 5.74) is 3.88. The molecule has 5 heteroatoms. The predicted octanol–water partition coefficient (Wildman–Crippen LogP) is 3.79. The predicted molar refractivity (Wildman–Crippen MR) is 105 cm³/mol. The summed E-state index contributed by atoms with van der Waals surface area (Å²) in [4.78, 5) is 12.5. The molecule has 2 aromatic carbocycles. The van der Waals surface area contributed by atoms with E-state index in [0.29, 0.717) is 25.3 Å². The van der Waals surface area contributed by atoms with Gasteiger partial charge in [0.15, 0.2) is 0 Å². The molecule has 0 unspecified atom stereocenters. The van der Waals surface area contributed by atoms with Crippen molar-refractivity contribution in [3.05, 3.63) is 89.2 Å². The van der Waals surface area contributed by atoms with E-state index >= 15 is 0 Å². The molecule has 3 aromatic rings. The number of nitrogens with one attached hydrogen (secondary N) is 1. The molecule has 3 rings (SSSR count). The Balaban J connectivity index is 1.57. The van der Waals surface area contributed by atoms with Crippen molar-refractivity contribution >= 4 is 5.91 Å². The quantitative estimate of drug-likeness (QED) is 0.589. The van der Waals surface area contributed by atoms with Crippen molar-refractivity contribution in [2.75, 3.05) is 6.61 Å². The number of aromatic nitrogens is 2. The molecule has 0 saturated carbocycles. The van der Waals surface area contributed by atoms with Crippen LogP contribution in [-0.2, 0) is 24.4 Å². The minimum Gasteiger partial charge on any atom is -0.377 e. The maximum Gasteiger partial charge on any atom is 0.254 e. The Morgan fingerprint density at radius 3 is 2.59 bits per heavy atom. The van der Waals surface area contributed by atoms with Gasteiger partial charge in [-0.25, -0.2) is 0 Å². The minimum absolute atomic E-state index is 0.126. The average molecular weight is 363 g/mol. The summed E-state index contributed by atoms with van der Waals surface area (Å²) in [6.45, 7) is 4.50. The fourth-order valence-corrected chi connectivity index (χ4v) is 2.81. The zero-order valence-electron chi connectivity index (χ0n) is 15.6. The highest BCUT2D eigenvalue weighted by Gasteiger charge is 2.10. The van der Waals surface area contributed by atoms with E-state index in [1.54, 1.807) is 17.1 Å². The summed E-state index contributed by atoms with van der Waals surface area (Å²) in [6, 6.07) is 18.1. The van der Waals surface area contributed by atoms with Gasteiger partial charge in [0.2, 0.25) is 0 Å². The first kappa shape index (κ1) is 18.9. The standard InChI is InChI=1S/C22H25N3O2/c1-2-12-27-17-20-11-7-6-10-19(20)13-23-22(26)21-14-24-25(16-21)15-18-8-4-3-5-9-18/h3-11,14,16H,2,12-13,15,17H2,1H3,(H,23,26). The number of benzene rings is 2. The summed E-state index contributed by atoms with van der Waals surface area (Å²) < 4.78 is 7.41. The lowest BCUT2D eigenvalue weighted by atomic mass is 10.1. The van der Waals surface area contributed by atoms with Gasteiger partial charge in [-0.2, -0.15) is 5.10 Å². The highest BCUT2D eigenvalue weighted by atomic mass is 16.5. The van der Waals surface area contributed by atoms with Crippen LogP contribution in [0.15, 0.2) is 67.0 Å². The zero-order chi connectivity index (χ0) is 18.9. The molecular formula is C22H25N3O2. The van der Waals surface area contributed by atoms with Crippen LogP contribution in [0.4, 0.5) is 0 Å². The van der Waals surface area contributed by atoms with E-state index in [1.807, 2.05) is 54.6 Å². The third-order valence-electron chi connectivity index (χ3n) is 4.25. The second-order valence-corrected chi connectivity index (χ2v) is 6.42. The summed E-state index contributed by atoms with van der Waals surface area (Å²) in [6.07, 6.45) is 4.37. The molecule has 0 spiro atoms. The van der Waals surface area contributed by atoms with E-state index in [-0.39, 0.29) is 5.91 Å². The van der Waals surface area contributed by atoms with E-state index in [0.717, 1.165) is 29.7 Å². The van der Waals surface area contributed by atoms with E-state index in [4.69, 9.17) is 4.74 Å². The molecule has 0 bridgehead atoms. The molecule has 0 fully saturated rings. The van der Waals surface area contributed by atoms with E-state index in [1.165, 1.54) is 0 Å². The van der Waals surface area contributed by atoms with Crippen LogP contribution < -0.4 is 5.32 Å². The molecule has 0 aliphatic heterocycles. The van der Waals surface area contributed by atoms with Crippen LogP contribution in [0.5, 0.6) is 0 Å². The summed E-state index contributed by atoms with van der Waals surface area (Å²) in [7, 11) is 0. The number of nitrogens with zero attached hydrogens (tertiary/aromatic N) is 2. The van der Waals surface area contributed by atoms with Crippen molar-refractivity contribution in [3.8, 4) is 0 Å². The van der Waals surface area contributed by atoms with Gasteiger partial charge >= 0.3 is 0 Å². The monoisotopic (exact) mass is 363 g/mol. The first-order chi connectivity index (χ1) is 13.3. The smallest absolute Gasteiger partial charge is 0.254 e. The van der Waals surface area contributed by atoms with Crippen molar-refractivity contribution < 1.29 is 9.53 Å². The Morgan fingerprint density at radius 2 is 1.81 bits per heavy atom. The van der Waals surface area contributed by atoms with Gasteiger partial charge in [-0.3, -0.25) is 9.48 Å². The fraction of sp³-hybridized carbons (Fsp3) is 0.273. The van der Waals surface area contributed by atoms with E-state index in [2.05, 4.69) is 17.3 Å². The lowest BCUT2D eigenvalue weighted by molar-refractivity contribution is 0.0949. The van der Waals surface area contributed by atoms with Crippen LogP contribution in [0.3, 0.4) is 0 Å². The van der Waals surface area contributed by atoms with Gasteiger partial charge in [0, 0.05) is 19.3 Å². The third kappa shape index (κ3) is 5.53. The summed E-state index contributed by atoms with van der Waals surface area (Å²) >= 11 is 0.